The molecule has 19 heavy (non-hydrogen) atoms. The van der Waals surface area contributed by atoms with Crippen LogP contribution in [0, 0.1) is 19.8 Å². The Bertz CT molecular complexity index is 444. The minimum Gasteiger partial charge on any atom is -0.357 e. The molecule has 0 radical (unpaired) electrons. The zero-order chi connectivity index (χ0) is 13.1. The number of halogens is 1. The summed E-state index contributed by atoms with van der Waals surface area (Å²) in [5.74, 6) is 1.71. The summed E-state index contributed by atoms with van der Waals surface area (Å²) in [6.45, 7) is 10.1. The molecule has 0 spiro atoms. The number of nitrogens with zero attached hydrogens (tertiary/aromatic N) is 2. The van der Waals surface area contributed by atoms with E-state index in [9.17, 15) is 0 Å². The number of thiazole rings is 1. The summed E-state index contributed by atoms with van der Waals surface area (Å²) in [4.78, 5) is 10.3. The van der Waals surface area contributed by atoms with Gasteiger partial charge in [-0.15, -0.1) is 35.3 Å². The molecule has 0 aromatic carbocycles. The molecule has 0 aliphatic heterocycles. The van der Waals surface area contributed by atoms with Crippen LogP contribution in [0.5, 0.6) is 0 Å². The van der Waals surface area contributed by atoms with E-state index in [0.717, 1.165) is 29.1 Å². The average molecular weight is 394 g/mol. The van der Waals surface area contributed by atoms with Crippen LogP contribution < -0.4 is 10.6 Å². The molecule has 1 aromatic rings. The fraction of sp³-hybridized carbons (Fsp3) is 0.692. The lowest BCUT2D eigenvalue weighted by molar-refractivity contribution is 0.767. The first-order valence-electron chi connectivity index (χ1n) is 6.58. The van der Waals surface area contributed by atoms with E-state index in [1.807, 2.05) is 6.92 Å². The van der Waals surface area contributed by atoms with Crippen molar-refractivity contribution in [1.29, 1.82) is 0 Å². The molecule has 1 heterocycles. The van der Waals surface area contributed by atoms with Gasteiger partial charge in [0.05, 0.1) is 17.2 Å². The maximum atomic E-state index is 4.64. The molecule has 2 atom stereocenters. The van der Waals surface area contributed by atoms with Gasteiger partial charge in [-0.3, -0.25) is 0 Å². The maximum Gasteiger partial charge on any atom is 0.191 e. The average Bonchev–Trinajstić information content (AvgIpc) is 2.89. The van der Waals surface area contributed by atoms with Gasteiger partial charge >= 0.3 is 0 Å². The Morgan fingerprint density at radius 2 is 2.16 bits per heavy atom. The number of rotatable bonds is 4. The minimum atomic E-state index is 0. The second-order valence-corrected chi connectivity index (χ2v) is 6.19. The molecular weight excluding hydrogens is 371 g/mol. The van der Waals surface area contributed by atoms with Gasteiger partial charge in [-0.25, -0.2) is 9.98 Å². The van der Waals surface area contributed by atoms with Crippen LogP contribution in [0.25, 0.3) is 0 Å². The Hall–Kier alpha value is -0.370. The van der Waals surface area contributed by atoms with Crippen LogP contribution in [0.1, 0.15) is 35.8 Å². The highest BCUT2D eigenvalue weighted by atomic mass is 127. The van der Waals surface area contributed by atoms with Crippen molar-refractivity contribution in [3.05, 3.63) is 15.6 Å². The SMILES string of the molecule is CCNC(=NCc1sc(C)nc1C)NC1CC1C.I. The van der Waals surface area contributed by atoms with Gasteiger partial charge in [0.25, 0.3) is 0 Å². The summed E-state index contributed by atoms with van der Waals surface area (Å²) in [7, 11) is 0. The van der Waals surface area contributed by atoms with E-state index in [-0.39, 0.29) is 24.0 Å². The van der Waals surface area contributed by atoms with Crippen LogP contribution in [-0.2, 0) is 6.54 Å². The van der Waals surface area contributed by atoms with Gasteiger partial charge in [0.15, 0.2) is 5.96 Å². The Kier molecular flexibility index (Phi) is 6.52. The maximum absolute atomic E-state index is 4.64. The monoisotopic (exact) mass is 394 g/mol. The highest BCUT2D eigenvalue weighted by Crippen LogP contribution is 2.28. The van der Waals surface area contributed by atoms with E-state index in [0.29, 0.717) is 12.6 Å². The molecule has 6 heteroatoms. The zero-order valence-electron chi connectivity index (χ0n) is 12.0. The summed E-state index contributed by atoms with van der Waals surface area (Å²) in [5.41, 5.74) is 1.11. The third kappa shape index (κ3) is 4.91. The van der Waals surface area contributed by atoms with E-state index in [1.165, 1.54) is 11.3 Å². The topological polar surface area (TPSA) is 49.3 Å². The first-order valence-corrected chi connectivity index (χ1v) is 7.39. The fourth-order valence-corrected chi connectivity index (χ4v) is 2.75. The molecule has 108 valence electrons. The Labute approximate surface area is 136 Å². The Morgan fingerprint density at radius 3 is 2.63 bits per heavy atom. The number of guanidine groups is 1. The summed E-state index contributed by atoms with van der Waals surface area (Å²) in [6, 6.07) is 0.604. The van der Waals surface area contributed by atoms with Gasteiger partial charge < -0.3 is 10.6 Å². The third-order valence-electron chi connectivity index (χ3n) is 3.16. The molecule has 0 bridgehead atoms. The zero-order valence-corrected chi connectivity index (χ0v) is 15.1. The van der Waals surface area contributed by atoms with Crippen LogP contribution in [0.4, 0.5) is 0 Å². The smallest absolute Gasteiger partial charge is 0.191 e. The second kappa shape index (κ2) is 7.42. The first-order chi connectivity index (χ1) is 8.60. The Balaban J connectivity index is 0.00000180. The van der Waals surface area contributed by atoms with Crippen molar-refractivity contribution in [2.24, 2.45) is 10.9 Å². The molecule has 0 amide bonds. The van der Waals surface area contributed by atoms with Crippen molar-refractivity contribution in [2.45, 2.75) is 46.7 Å². The quantitative estimate of drug-likeness (QED) is 0.469. The first kappa shape index (κ1) is 16.7. The lowest BCUT2D eigenvalue weighted by Gasteiger charge is -2.10. The largest absolute Gasteiger partial charge is 0.357 e. The standard InChI is InChI=1S/C13H22N4S.HI/c1-5-14-13(17-11-6-8(11)2)15-7-12-9(3)16-10(4)18-12;/h8,11H,5-7H2,1-4H3,(H2,14,15,17);1H. The molecule has 2 unspecified atom stereocenters. The van der Waals surface area contributed by atoms with Crippen LogP contribution in [-0.4, -0.2) is 23.5 Å². The number of hydrogen-bond acceptors (Lipinski definition) is 3. The van der Waals surface area contributed by atoms with E-state index < -0.39 is 0 Å². The summed E-state index contributed by atoms with van der Waals surface area (Å²) >= 11 is 1.74. The minimum absolute atomic E-state index is 0. The van der Waals surface area contributed by atoms with E-state index >= 15 is 0 Å². The molecule has 4 nitrogen and oxygen atoms in total. The van der Waals surface area contributed by atoms with Gasteiger partial charge in [0, 0.05) is 17.5 Å². The van der Waals surface area contributed by atoms with Crippen molar-refractivity contribution in [1.82, 2.24) is 15.6 Å². The van der Waals surface area contributed by atoms with Gasteiger partial charge in [0.2, 0.25) is 0 Å². The predicted octanol–water partition coefficient (Wildman–Crippen LogP) is 2.84. The van der Waals surface area contributed by atoms with Crippen molar-refractivity contribution in [2.75, 3.05) is 6.54 Å². The molecule has 2 rings (SSSR count). The summed E-state index contributed by atoms with van der Waals surface area (Å²) in [6.07, 6.45) is 1.25. The molecule has 1 fully saturated rings. The molecule has 2 N–H and O–H groups in total. The van der Waals surface area contributed by atoms with Gasteiger partial charge in [-0.1, -0.05) is 6.92 Å². The van der Waals surface area contributed by atoms with Crippen LogP contribution in [0.15, 0.2) is 4.99 Å². The summed E-state index contributed by atoms with van der Waals surface area (Å²) in [5, 5.41) is 7.87. The number of aromatic nitrogens is 1. The van der Waals surface area contributed by atoms with E-state index in [4.69, 9.17) is 0 Å². The van der Waals surface area contributed by atoms with Gasteiger partial charge in [-0.05, 0) is 33.1 Å². The van der Waals surface area contributed by atoms with Crippen LogP contribution >= 0.6 is 35.3 Å². The Morgan fingerprint density at radius 1 is 1.47 bits per heavy atom. The molecule has 1 aliphatic rings. The fourth-order valence-electron chi connectivity index (χ4n) is 1.89. The third-order valence-corrected chi connectivity index (χ3v) is 4.21. The van der Waals surface area contributed by atoms with E-state index in [1.54, 1.807) is 11.3 Å². The highest BCUT2D eigenvalue weighted by Gasteiger charge is 2.33. The number of aliphatic imine (C=N–C) groups is 1. The highest BCUT2D eigenvalue weighted by molar-refractivity contribution is 14.0. The molecule has 0 saturated heterocycles. The number of aryl methyl sites for hydroxylation is 2. The van der Waals surface area contributed by atoms with Crippen molar-refractivity contribution in [3.8, 4) is 0 Å². The normalized spacial score (nSPS) is 21.8. The lowest BCUT2D eigenvalue weighted by atomic mass is 10.4. The molecule has 1 aliphatic carbocycles. The predicted molar refractivity (Wildman–Crippen MR) is 92.5 cm³/mol. The summed E-state index contributed by atoms with van der Waals surface area (Å²) < 4.78 is 0. The van der Waals surface area contributed by atoms with Crippen molar-refractivity contribution >= 4 is 41.3 Å². The molecule has 1 saturated carbocycles. The van der Waals surface area contributed by atoms with Gasteiger partial charge in [-0.2, -0.15) is 0 Å². The van der Waals surface area contributed by atoms with Crippen LogP contribution in [0.3, 0.4) is 0 Å². The van der Waals surface area contributed by atoms with Crippen molar-refractivity contribution in [3.63, 3.8) is 0 Å². The lowest BCUT2D eigenvalue weighted by Crippen LogP contribution is -2.39. The van der Waals surface area contributed by atoms with E-state index in [2.05, 4.69) is 41.4 Å². The second-order valence-electron chi connectivity index (χ2n) is 4.90. The molecule has 1 aromatic heterocycles. The van der Waals surface area contributed by atoms with Crippen LogP contribution in [0.2, 0.25) is 0 Å². The van der Waals surface area contributed by atoms with Crippen molar-refractivity contribution < 1.29 is 0 Å². The number of nitrogens with one attached hydrogen (secondary N) is 2. The van der Waals surface area contributed by atoms with Gasteiger partial charge in [0.1, 0.15) is 0 Å². The molecular formula is C13H23IN4S. The number of hydrogen-bond donors (Lipinski definition) is 2.